The maximum Gasteiger partial charge on any atom is 0.159 e. The average Bonchev–Trinajstić information content (AvgIpc) is 3.39. The van der Waals surface area contributed by atoms with Crippen molar-refractivity contribution in [2.45, 2.75) is 31.8 Å². The van der Waals surface area contributed by atoms with Gasteiger partial charge in [-0.1, -0.05) is 0 Å². The number of piperidine rings is 1. The molecule has 130 valence electrons. The van der Waals surface area contributed by atoms with Gasteiger partial charge >= 0.3 is 0 Å². The minimum Gasteiger partial charge on any atom is -0.467 e. The fourth-order valence-corrected chi connectivity index (χ4v) is 3.99. The van der Waals surface area contributed by atoms with Crippen LogP contribution in [0.4, 0.5) is 11.6 Å². The highest BCUT2D eigenvalue weighted by Crippen LogP contribution is 2.35. The van der Waals surface area contributed by atoms with E-state index in [0.29, 0.717) is 12.6 Å². The number of hydrogen-bond donors (Lipinski definition) is 2. The fourth-order valence-electron chi connectivity index (χ4n) is 3.99. The van der Waals surface area contributed by atoms with Gasteiger partial charge in [-0.25, -0.2) is 4.98 Å². The molecule has 1 fully saturated rings. The van der Waals surface area contributed by atoms with E-state index < -0.39 is 0 Å². The Morgan fingerprint density at radius 2 is 2.36 bits per heavy atom. The topological polar surface area (TPSA) is 70.6 Å². The van der Waals surface area contributed by atoms with E-state index in [0.717, 1.165) is 49.1 Å². The molecule has 2 aliphatic heterocycles. The van der Waals surface area contributed by atoms with Gasteiger partial charge < -0.3 is 20.0 Å². The molecular formula is C18H22N6O. The summed E-state index contributed by atoms with van der Waals surface area (Å²) in [7, 11) is 0. The van der Waals surface area contributed by atoms with Crippen molar-refractivity contribution in [3.05, 3.63) is 42.0 Å². The maximum absolute atomic E-state index is 5.46. The Hall–Kier alpha value is -2.54. The second-order valence-electron chi connectivity index (χ2n) is 6.74. The molecular weight excluding hydrogens is 316 g/mol. The molecule has 2 aliphatic rings. The van der Waals surface area contributed by atoms with Crippen molar-refractivity contribution in [3.8, 4) is 0 Å². The van der Waals surface area contributed by atoms with Crippen LogP contribution in [-0.2, 0) is 13.0 Å². The summed E-state index contributed by atoms with van der Waals surface area (Å²) in [6.45, 7) is 3.84. The summed E-state index contributed by atoms with van der Waals surface area (Å²) in [5, 5.41) is 11.5. The van der Waals surface area contributed by atoms with Crippen molar-refractivity contribution in [2.75, 3.05) is 29.9 Å². The van der Waals surface area contributed by atoms with Crippen molar-refractivity contribution in [3.63, 3.8) is 0 Å². The maximum atomic E-state index is 5.46. The van der Waals surface area contributed by atoms with Crippen LogP contribution in [0.1, 0.15) is 24.2 Å². The first-order valence-electron chi connectivity index (χ1n) is 9.00. The highest BCUT2D eigenvalue weighted by molar-refractivity contribution is 5.68. The second kappa shape index (κ2) is 6.07. The van der Waals surface area contributed by atoms with Gasteiger partial charge in [0.15, 0.2) is 5.65 Å². The molecule has 0 aromatic carbocycles. The molecule has 7 heteroatoms. The smallest absolute Gasteiger partial charge is 0.159 e. The summed E-state index contributed by atoms with van der Waals surface area (Å²) >= 11 is 0. The third kappa shape index (κ3) is 2.55. The minimum absolute atomic E-state index is 0.533. The first-order valence-corrected chi connectivity index (χ1v) is 9.00. The van der Waals surface area contributed by atoms with Crippen molar-refractivity contribution in [1.29, 1.82) is 0 Å². The molecule has 7 nitrogen and oxygen atoms in total. The highest BCUT2D eigenvalue weighted by atomic mass is 16.3. The molecule has 3 aromatic rings. The number of fused-ring (bicyclic) bond motifs is 2. The first-order chi connectivity index (χ1) is 12.4. The van der Waals surface area contributed by atoms with Crippen LogP contribution in [0.2, 0.25) is 0 Å². The first kappa shape index (κ1) is 14.8. The van der Waals surface area contributed by atoms with E-state index in [-0.39, 0.29) is 0 Å². The van der Waals surface area contributed by atoms with Crippen LogP contribution in [0.25, 0.3) is 5.65 Å². The lowest BCUT2D eigenvalue weighted by molar-refractivity contribution is 0.436. The van der Waals surface area contributed by atoms with Gasteiger partial charge in [-0.3, -0.25) is 0 Å². The standard InChI is InChI=1S/C18H22N6O/c1-3-13(11-19-7-1)23-9-6-15-17(20-12-14-4-2-10-25-14)24-16(5-8-21-24)22-18(15)23/h2,4-5,8,10,13,19-20H,1,3,6-7,9,11-12H2/t13-/m0/s1. The Labute approximate surface area is 146 Å². The molecule has 0 spiro atoms. The van der Waals surface area contributed by atoms with Gasteiger partial charge in [-0.05, 0) is 37.9 Å². The van der Waals surface area contributed by atoms with Crippen LogP contribution in [0, 0.1) is 0 Å². The zero-order chi connectivity index (χ0) is 16.6. The number of nitrogens with zero attached hydrogens (tertiary/aromatic N) is 4. The van der Waals surface area contributed by atoms with Gasteiger partial charge in [0.1, 0.15) is 17.4 Å². The van der Waals surface area contributed by atoms with Crippen molar-refractivity contribution < 1.29 is 4.42 Å². The molecule has 5 heterocycles. The fraction of sp³-hybridized carbons (Fsp3) is 0.444. The Kier molecular flexibility index (Phi) is 3.59. The third-order valence-corrected chi connectivity index (χ3v) is 5.21. The van der Waals surface area contributed by atoms with Crippen LogP contribution < -0.4 is 15.5 Å². The summed E-state index contributed by atoms with van der Waals surface area (Å²) in [5.74, 6) is 3.06. The van der Waals surface area contributed by atoms with E-state index in [1.165, 1.54) is 18.4 Å². The lowest BCUT2D eigenvalue weighted by Gasteiger charge is -2.33. The van der Waals surface area contributed by atoms with Gasteiger partial charge in [-0.2, -0.15) is 9.61 Å². The molecule has 25 heavy (non-hydrogen) atoms. The predicted octanol–water partition coefficient (Wildman–Crippen LogP) is 2.05. The monoisotopic (exact) mass is 338 g/mol. The minimum atomic E-state index is 0.533. The van der Waals surface area contributed by atoms with Crippen LogP contribution in [0.5, 0.6) is 0 Å². The van der Waals surface area contributed by atoms with E-state index in [9.17, 15) is 0 Å². The predicted molar refractivity (Wildman–Crippen MR) is 96.0 cm³/mol. The van der Waals surface area contributed by atoms with Gasteiger partial charge in [0.2, 0.25) is 0 Å². The molecule has 0 unspecified atom stereocenters. The van der Waals surface area contributed by atoms with E-state index >= 15 is 0 Å². The molecule has 0 radical (unpaired) electrons. The van der Waals surface area contributed by atoms with Crippen molar-refractivity contribution >= 4 is 17.3 Å². The second-order valence-corrected chi connectivity index (χ2v) is 6.74. The van der Waals surface area contributed by atoms with E-state index in [1.54, 1.807) is 6.26 Å². The average molecular weight is 338 g/mol. The summed E-state index contributed by atoms with van der Waals surface area (Å²) < 4.78 is 7.37. The summed E-state index contributed by atoms with van der Waals surface area (Å²) in [4.78, 5) is 7.39. The van der Waals surface area contributed by atoms with Crippen LogP contribution in [-0.4, -0.2) is 40.3 Å². The Balaban J connectivity index is 1.52. The number of furan rings is 1. The van der Waals surface area contributed by atoms with Crippen molar-refractivity contribution in [1.82, 2.24) is 19.9 Å². The Morgan fingerprint density at radius 3 is 3.20 bits per heavy atom. The largest absolute Gasteiger partial charge is 0.467 e. The molecule has 0 bridgehead atoms. The van der Waals surface area contributed by atoms with Crippen LogP contribution >= 0.6 is 0 Å². The summed E-state index contributed by atoms with van der Waals surface area (Å²) in [6.07, 6.45) is 6.97. The molecule has 2 N–H and O–H groups in total. The number of rotatable bonds is 4. The molecule has 1 saturated heterocycles. The van der Waals surface area contributed by atoms with Gasteiger partial charge in [0, 0.05) is 30.8 Å². The van der Waals surface area contributed by atoms with E-state index in [1.807, 2.05) is 28.9 Å². The normalized spacial score (nSPS) is 20.2. The van der Waals surface area contributed by atoms with Gasteiger partial charge in [-0.15, -0.1) is 0 Å². The van der Waals surface area contributed by atoms with E-state index in [4.69, 9.17) is 9.40 Å². The zero-order valence-electron chi connectivity index (χ0n) is 14.1. The summed E-state index contributed by atoms with van der Waals surface area (Å²) in [5.41, 5.74) is 2.14. The molecule has 0 amide bonds. The van der Waals surface area contributed by atoms with Crippen LogP contribution in [0.3, 0.4) is 0 Å². The zero-order valence-corrected chi connectivity index (χ0v) is 14.1. The lowest BCUT2D eigenvalue weighted by atomic mass is 10.1. The molecule has 5 rings (SSSR count). The number of aromatic nitrogens is 3. The molecule has 0 saturated carbocycles. The molecule has 0 aliphatic carbocycles. The Bertz CT molecular complexity index is 865. The van der Waals surface area contributed by atoms with Crippen LogP contribution in [0.15, 0.2) is 35.1 Å². The SMILES string of the molecule is c1coc(CNc2c3c(nc4ccnn24)N([C@H]2CCCNC2)CC3)c1. The van der Waals surface area contributed by atoms with E-state index in [2.05, 4.69) is 20.6 Å². The number of hydrogen-bond acceptors (Lipinski definition) is 6. The molecule has 1 atom stereocenters. The number of anilines is 2. The highest BCUT2D eigenvalue weighted by Gasteiger charge is 2.31. The van der Waals surface area contributed by atoms with Gasteiger partial charge in [0.05, 0.1) is 19.0 Å². The Morgan fingerprint density at radius 1 is 1.36 bits per heavy atom. The third-order valence-electron chi connectivity index (χ3n) is 5.21. The lowest BCUT2D eigenvalue weighted by Crippen LogP contribution is -2.45. The van der Waals surface area contributed by atoms with Gasteiger partial charge in [0.25, 0.3) is 0 Å². The molecule has 3 aromatic heterocycles. The summed E-state index contributed by atoms with van der Waals surface area (Å²) in [6, 6.07) is 6.39. The number of nitrogens with one attached hydrogen (secondary N) is 2. The quantitative estimate of drug-likeness (QED) is 0.759. The van der Waals surface area contributed by atoms with Crippen molar-refractivity contribution in [2.24, 2.45) is 0 Å².